The molecule has 2 rings (SSSR count). The van der Waals surface area contributed by atoms with Crippen molar-refractivity contribution in [3.63, 3.8) is 0 Å². The van der Waals surface area contributed by atoms with E-state index in [1.807, 2.05) is 0 Å². The summed E-state index contributed by atoms with van der Waals surface area (Å²) in [6, 6.07) is 6.55. The molecule has 1 atom stereocenters. The van der Waals surface area contributed by atoms with E-state index in [0.29, 0.717) is 5.96 Å². The molecule has 0 saturated heterocycles. The topological polar surface area (TPSA) is 44.9 Å². The minimum atomic E-state index is 0.240. The smallest absolute Gasteiger partial charge is 0.191 e. The molecule has 6 heteroatoms. The van der Waals surface area contributed by atoms with E-state index in [4.69, 9.17) is 5.73 Å². The summed E-state index contributed by atoms with van der Waals surface area (Å²) in [4.78, 5) is 8.71. The molecule has 0 saturated carbocycles. The first-order chi connectivity index (χ1) is 8.99. The third-order valence-corrected chi connectivity index (χ3v) is 5.09. The van der Waals surface area contributed by atoms with Crippen LogP contribution < -0.4 is 5.73 Å². The van der Waals surface area contributed by atoms with E-state index in [9.17, 15) is 0 Å². The lowest BCUT2D eigenvalue weighted by atomic mass is 10.1. The van der Waals surface area contributed by atoms with Crippen LogP contribution in [0.1, 0.15) is 11.6 Å². The largest absolute Gasteiger partial charge is 0.370 e. The van der Waals surface area contributed by atoms with E-state index in [1.54, 1.807) is 0 Å². The van der Waals surface area contributed by atoms with Gasteiger partial charge in [0.1, 0.15) is 0 Å². The molecule has 4 nitrogen and oxygen atoms in total. The summed E-state index contributed by atoms with van der Waals surface area (Å²) in [5.74, 6) is 0.644. The zero-order valence-corrected chi connectivity index (χ0v) is 14.3. The second kappa shape index (κ2) is 6.24. The maximum Gasteiger partial charge on any atom is 0.191 e. The number of halogens is 2. The van der Waals surface area contributed by atoms with Gasteiger partial charge < -0.3 is 15.5 Å². The monoisotopic (exact) mass is 388 g/mol. The fraction of sp³-hybridized carbons (Fsp3) is 0.462. The van der Waals surface area contributed by atoms with Crippen molar-refractivity contribution < 1.29 is 0 Å². The Kier molecular flexibility index (Phi) is 4.86. The quantitative estimate of drug-likeness (QED) is 0.860. The van der Waals surface area contributed by atoms with Gasteiger partial charge in [0.25, 0.3) is 0 Å². The van der Waals surface area contributed by atoms with Crippen LogP contribution in [-0.2, 0) is 0 Å². The van der Waals surface area contributed by atoms with Gasteiger partial charge in [0.15, 0.2) is 5.96 Å². The Balaban J connectivity index is 2.16. The number of hydrogen-bond acceptors (Lipinski definition) is 4. The zero-order chi connectivity index (χ0) is 14.0. The lowest BCUT2D eigenvalue weighted by Gasteiger charge is -2.28. The van der Waals surface area contributed by atoms with E-state index in [1.165, 1.54) is 5.56 Å². The highest BCUT2D eigenvalue weighted by Gasteiger charge is 2.27. The molecule has 0 amide bonds. The predicted molar refractivity (Wildman–Crippen MR) is 86.3 cm³/mol. The summed E-state index contributed by atoms with van der Waals surface area (Å²) in [6.45, 7) is 2.58. The van der Waals surface area contributed by atoms with E-state index in [2.05, 4.69) is 78.9 Å². The summed E-state index contributed by atoms with van der Waals surface area (Å²) in [5.41, 5.74) is 7.23. The Morgan fingerprint density at radius 2 is 2.11 bits per heavy atom. The minimum absolute atomic E-state index is 0.240. The third-order valence-electron chi connectivity index (χ3n) is 3.21. The first kappa shape index (κ1) is 14.8. The Bertz CT molecular complexity index is 488. The minimum Gasteiger partial charge on any atom is -0.370 e. The molecule has 1 aliphatic heterocycles. The highest BCUT2D eigenvalue weighted by atomic mass is 79.9. The fourth-order valence-corrected chi connectivity index (χ4v) is 2.76. The van der Waals surface area contributed by atoms with Crippen LogP contribution in [0, 0.1) is 0 Å². The molecular formula is C13H18Br2N4. The molecule has 0 fully saturated rings. The molecule has 1 heterocycles. The second-order valence-electron chi connectivity index (χ2n) is 4.88. The molecule has 19 heavy (non-hydrogen) atoms. The van der Waals surface area contributed by atoms with Crippen LogP contribution in [0.4, 0.5) is 0 Å². The van der Waals surface area contributed by atoms with Gasteiger partial charge in [-0.25, -0.2) is 0 Å². The number of hydrogen-bond donors (Lipinski definition) is 1. The molecule has 0 aliphatic carbocycles. The van der Waals surface area contributed by atoms with Gasteiger partial charge in [0.2, 0.25) is 0 Å². The summed E-state index contributed by atoms with van der Waals surface area (Å²) in [6.07, 6.45) is 0. The highest BCUT2D eigenvalue weighted by molar-refractivity contribution is 9.13. The van der Waals surface area contributed by atoms with Gasteiger partial charge in [-0.1, -0.05) is 6.07 Å². The van der Waals surface area contributed by atoms with Crippen LogP contribution in [-0.4, -0.2) is 49.5 Å². The first-order valence-electron chi connectivity index (χ1n) is 6.15. The second-order valence-corrected chi connectivity index (χ2v) is 6.59. The molecule has 0 radical (unpaired) electrons. The molecule has 0 spiro atoms. The van der Waals surface area contributed by atoms with Gasteiger partial charge in [-0.15, -0.1) is 0 Å². The Labute approximate surface area is 130 Å². The molecule has 104 valence electrons. The van der Waals surface area contributed by atoms with E-state index in [0.717, 1.165) is 28.6 Å². The molecule has 2 N–H and O–H groups in total. The van der Waals surface area contributed by atoms with Crippen LogP contribution >= 0.6 is 31.9 Å². The van der Waals surface area contributed by atoms with Crippen LogP contribution in [0.5, 0.6) is 0 Å². The number of rotatable bonds is 4. The molecule has 0 bridgehead atoms. The summed E-state index contributed by atoms with van der Waals surface area (Å²) >= 11 is 7.04. The lowest BCUT2D eigenvalue weighted by Crippen LogP contribution is -2.40. The summed E-state index contributed by atoms with van der Waals surface area (Å²) in [7, 11) is 4.13. The molecular weight excluding hydrogens is 372 g/mol. The van der Waals surface area contributed by atoms with Gasteiger partial charge in [0.05, 0.1) is 12.6 Å². The van der Waals surface area contributed by atoms with Crippen LogP contribution in [0.25, 0.3) is 0 Å². The van der Waals surface area contributed by atoms with Gasteiger partial charge in [-0.2, -0.15) is 0 Å². The van der Waals surface area contributed by atoms with Crippen molar-refractivity contribution in [3.8, 4) is 0 Å². The number of benzene rings is 1. The van der Waals surface area contributed by atoms with E-state index < -0.39 is 0 Å². The predicted octanol–water partition coefficient (Wildman–Crippen LogP) is 2.44. The molecule has 1 aromatic carbocycles. The molecule has 0 aromatic heterocycles. The van der Waals surface area contributed by atoms with Crippen molar-refractivity contribution in [2.75, 3.05) is 33.7 Å². The average Bonchev–Trinajstić information content (AvgIpc) is 2.71. The van der Waals surface area contributed by atoms with Crippen molar-refractivity contribution >= 4 is 37.8 Å². The number of nitrogens with zero attached hydrogens (tertiary/aromatic N) is 3. The van der Waals surface area contributed by atoms with Crippen molar-refractivity contribution in [1.82, 2.24) is 9.80 Å². The van der Waals surface area contributed by atoms with Gasteiger partial charge in [0, 0.05) is 22.0 Å². The fourth-order valence-electron chi connectivity index (χ4n) is 2.11. The average molecular weight is 390 g/mol. The Morgan fingerprint density at radius 3 is 2.74 bits per heavy atom. The van der Waals surface area contributed by atoms with Crippen molar-refractivity contribution in [1.29, 1.82) is 0 Å². The third kappa shape index (κ3) is 3.49. The maximum absolute atomic E-state index is 6.00. The number of likely N-dealkylation sites (N-methyl/N-ethyl adjacent to an activating group) is 1. The standard InChI is InChI=1S/C13H18Br2N4/c1-18(2)5-6-19-12(8-17-13(19)16)9-3-4-10(14)11(15)7-9/h3-4,7,12H,5-6,8H2,1-2H3,(H2,16,17). The van der Waals surface area contributed by atoms with Gasteiger partial charge >= 0.3 is 0 Å². The van der Waals surface area contributed by atoms with Crippen LogP contribution in [0.2, 0.25) is 0 Å². The summed E-state index contributed by atoms with van der Waals surface area (Å²) in [5, 5.41) is 0. The van der Waals surface area contributed by atoms with Crippen molar-refractivity contribution in [3.05, 3.63) is 32.7 Å². The first-order valence-corrected chi connectivity index (χ1v) is 7.74. The number of aliphatic imine (C=N–C) groups is 1. The highest BCUT2D eigenvalue weighted by Crippen LogP contribution is 2.31. The molecule has 1 aliphatic rings. The van der Waals surface area contributed by atoms with Crippen LogP contribution in [0.3, 0.4) is 0 Å². The Morgan fingerprint density at radius 1 is 1.37 bits per heavy atom. The summed E-state index contributed by atoms with van der Waals surface area (Å²) < 4.78 is 2.12. The Hall–Kier alpha value is -0.590. The zero-order valence-electron chi connectivity index (χ0n) is 11.1. The lowest BCUT2D eigenvalue weighted by molar-refractivity contribution is 0.293. The molecule has 1 aromatic rings. The van der Waals surface area contributed by atoms with Gasteiger partial charge in [-0.3, -0.25) is 4.99 Å². The normalized spacial score (nSPS) is 19.1. The van der Waals surface area contributed by atoms with Crippen LogP contribution in [0.15, 0.2) is 32.1 Å². The maximum atomic E-state index is 6.00. The van der Waals surface area contributed by atoms with E-state index in [-0.39, 0.29) is 6.04 Å². The van der Waals surface area contributed by atoms with Crippen molar-refractivity contribution in [2.24, 2.45) is 10.7 Å². The molecule has 1 unspecified atom stereocenters. The SMILES string of the molecule is CN(C)CCN1C(N)=NCC1c1ccc(Br)c(Br)c1. The number of nitrogens with two attached hydrogens (primary N) is 1. The van der Waals surface area contributed by atoms with Gasteiger partial charge in [-0.05, 0) is 63.7 Å². The van der Waals surface area contributed by atoms with Crippen molar-refractivity contribution in [2.45, 2.75) is 6.04 Å². The number of guanidine groups is 1. The van der Waals surface area contributed by atoms with E-state index >= 15 is 0 Å².